The number of benzene rings is 1. The number of hydrogen-bond donors (Lipinski definition) is 2. The van der Waals surface area contributed by atoms with Crippen molar-refractivity contribution in [1.82, 2.24) is 5.32 Å². The van der Waals surface area contributed by atoms with Crippen LogP contribution >= 0.6 is 0 Å². The Morgan fingerprint density at radius 3 is 2.94 bits per heavy atom. The van der Waals surface area contributed by atoms with Crippen LogP contribution in [-0.2, 0) is 11.4 Å². The molecule has 0 spiro atoms. The first-order valence-corrected chi connectivity index (χ1v) is 6.11. The highest BCUT2D eigenvalue weighted by molar-refractivity contribution is 5.86. The van der Waals surface area contributed by atoms with Gasteiger partial charge in [-0.15, -0.1) is 0 Å². The number of nitrogens with zero attached hydrogens (tertiary/aromatic N) is 1. The molecule has 0 radical (unpaired) electrons. The Morgan fingerprint density at radius 2 is 2.33 bits per heavy atom. The first-order chi connectivity index (χ1) is 8.67. The lowest BCUT2D eigenvalue weighted by atomic mass is 10.1. The fraction of sp³-hybridized carbons (Fsp3) is 0.462. The van der Waals surface area contributed by atoms with Crippen molar-refractivity contribution in [3.8, 4) is 0 Å². The van der Waals surface area contributed by atoms with Crippen LogP contribution < -0.4 is 10.2 Å². The molecular formula is C13H17FN2O2. The van der Waals surface area contributed by atoms with E-state index in [4.69, 9.17) is 5.11 Å². The first-order valence-electron chi connectivity index (χ1n) is 6.11. The summed E-state index contributed by atoms with van der Waals surface area (Å²) in [5.41, 5.74) is 0.958. The molecule has 0 bridgehead atoms. The molecular weight excluding hydrogens is 235 g/mol. The number of anilines is 1. The second kappa shape index (κ2) is 5.35. The minimum absolute atomic E-state index is 0.0608. The van der Waals surface area contributed by atoms with Crippen LogP contribution in [-0.4, -0.2) is 30.1 Å². The van der Waals surface area contributed by atoms with E-state index < -0.39 is 5.82 Å². The lowest BCUT2D eigenvalue weighted by Crippen LogP contribution is -2.55. The molecule has 1 aliphatic heterocycles. The van der Waals surface area contributed by atoms with E-state index in [9.17, 15) is 9.18 Å². The van der Waals surface area contributed by atoms with Crippen molar-refractivity contribution >= 4 is 11.6 Å². The normalized spacial score (nSPS) is 19.8. The van der Waals surface area contributed by atoms with Crippen LogP contribution in [0.15, 0.2) is 18.2 Å². The van der Waals surface area contributed by atoms with E-state index in [1.165, 1.54) is 6.07 Å². The molecule has 98 valence electrons. The molecule has 1 amide bonds. The summed E-state index contributed by atoms with van der Waals surface area (Å²) in [6.45, 7) is 2.84. The number of carbonyl (C=O) groups excluding carboxylic acids is 1. The number of amides is 1. The van der Waals surface area contributed by atoms with Gasteiger partial charge in [-0.1, -0.05) is 13.0 Å². The van der Waals surface area contributed by atoms with Crippen LogP contribution in [0.3, 0.4) is 0 Å². The third-order valence-electron chi connectivity index (χ3n) is 3.22. The maximum atomic E-state index is 14.0. The number of aliphatic hydroxyl groups is 1. The minimum atomic E-state index is -0.394. The van der Waals surface area contributed by atoms with Gasteiger partial charge in [0.2, 0.25) is 5.91 Å². The Kier molecular flexibility index (Phi) is 3.81. The van der Waals surface area contributed by atoms with Gasteiger partial charge in [0, 0.05) is 13.1 Å². The molecule has 1 atom stereocenters. The molecule has 0 aromatic heterocycles. The summed E-state index contributed by atoms with van der Waals surface area (Å²) < 4.78 is 14.0. The monoisotopic (exact) mass is 252 g/mol. The third kappa shape index (κ3) is 2.31. The fourth-order valence-corrected chi connectivity index (χ4v) is 2.29. The highest BCUT2D eigenvalue weighted by Gasteiger charge is 2.29. The second-order valence-corrected chi connectivity index (χ2v) is 4.35. The Balaban J connectivity index is 2.31. The standard InChI is InChI=1S/C13H17FN2O2/c1-2-11-13(18)15-5-6-16(11)12-4-3-9(8-17)7-10(12)14/h3-4,7,11,17H,2,5-6,8H2,1H3,(H,15,18). The predicted molar refractivity (Wildman–Crippen MR) is 66.8 cm³/mol. The average molecular weight is 252 g/mol. The number of nitrogens with one attached hydrogen (secondary N) is 1. The van der Waals surface area contributed by atoms with Gasteiger partial charge in [-0.3, -0.25) is 4.79 Å². The summed E-state index contributed by atoms with van der Waals surface area (Å²) in [6, 6.07) is 4.29. The zero-order chi connectivity index (χ0) is 13.1. The molecule has 1 aromatic carbocycles. The van der Waals surface area contributed by atoms with Crippen LogP contribution in [0.25, 0.3) is 0 Å². The predicted octanol–water partition coefficient (Wildman–Crippen LogP) is 1.03. The van der Waals surface area contributed by atoms with Crippen LogP contribution in [0.4, 0.5) is 10.1 Å². The topological polar surface area (TPSA) is 52.6 Å². The quantitative estimate of drug-likeness (QED) is 0.845. The molecule has 4 nitrogen and oxygen atoms in total. The van der Waals surface area contributed by atoms with Gasteiger partial charge < -0.3 is 15.3 Å². The summed E-state index contributed by atoms with van der Waals surface area (Å²) in [5.74, 6) is -0.455. The molecule has 0 saturated carbocycles. The molecule has 2 N–H and O–H groups in total. The molecule has 2 rings (SSSR count). The number of carbonyl (C=O) groups is 1. The summed E-state index contributed by atoms with van der Waals surface area (Å²) >= 11 is 0. The molecule has 1 heterocycles. The van der Waals surface area contributed by atoms with Gasteiger partial charge in [-0.2, -0.15) is 0 Å². The van der Waals surface area contributed by atoms with Crippen molar-refractivity contribution in [3.63, 3.8) is 0 Å². The number of piperazine rings is 1. The van der Waals surface area contributed by atoms with E-state index in [2.05, 4.69) is 5.32 Å². The first kappa shape index (κ1) is 12.8. The molecule has 1 aromatic rings. The van der Waals surface area contributed by atoms with Gasteiger partial charge in [0.25, 0.3) is 0 Å². The minimum Gasteiger partial charge on any atom is -0.392 e. The van der Waals surface area contributed by atoms with Crippen molar-refractivity contribution in [2.75, 3.05) is 18.0 Å². The Hall–Kier alpha value is -1.62. The van der Waals surface area contributed by atoms with E-state index in [-0.39, 0.29) is 18.6 Å². The van der Waals surface area contributed by atoms with Crippen LogP contribution in [0, 0.1) is 5.82 Å². The highest BCUT2D eigenvalue weighted by atomic mass is 19.1. The SMILES string of the molecule is CCC1C(=O)NCCN1c1ccc(CO)cc1F. The van der Waals surface area contributed by atoms with Gasteiger partial charge in [0.1, 0.15) is 11.9 Å². The Morgan fingerprint density at radius 1 is 1.56 bits per heavy atom. The van der Waals surface area contributed by atoms with Crippen LogP contribution in [0.1, 0.15) is 18.9 Å². The molecule has 1 unspecified atom stereocenters. The Labute approximate surface area is 105 Å². The summed E-state index contributed by atoms with van der Waals surface area (Å²) in [5, 5.41) is 11.7. The largest absolute Gasteiger partial charge is 0.392 e. The molecule has 1 saturated heterocycles. The number of halogens is 1. The number of hydrogen-bond acceptors (Lipinski definition) is 3. The van der Waals surface area contributed by atoms with Gasteiger partial charge in [0.05, 0.1) is 12.3 Å². The zero-order valence-corrected chi connectivity index (χ0v) is 10.3. The van der Waals surface area contributed by atoms with Crippen molar-refractivity contribution in [3.05, 3.63) is 29.6 Å². The molecule has 0 aliphatic carbocycles. The summed E-state index contributed by atoms with van der Waals surface area (Å²) in [4.78, 5) is 13.5. The van der Waals surface area contributed by atoms with Crippen molar-refractivity contribution in [2.24, 2.45) is 0 Å². The van der Waals surface area contributed by atoms with E-state index in [0.29, 0.717) is 30.8 Å². The van der Waals surface area contributed by atoms with Gasteiger partial charge in [-0.05, 0) is 24.1 Å². The van der Waals surface area contributed by atoms with E-state index >= 15 is 0 Å². The number of rotatable bonds is 3. The number of aliphatic hydroxyl groups excluding tert-OH is 1. The van der Waals surface area contributed by atoms with Crippen molar-refractivity contribution in [1.29, 1.82) is 0 Å². The lowest BCUT2D eigenvalue weighted by molar-refractivity contribution is -0.123. The molecule has 18 heavy (non-hydrogen) atoms. The maximum Gasteiger partial charge on any atom is 0.242 e. The van der Waals surface area contributed by atoms with E-state index in [1.807, 2.05) is 6.92 Å². The van der Waals surface area contributed by atoms with E-state index in [1.54, 1.807) is 17.0 Å². The smallest absolute Gasteiger partial charge is 0.242 e. The summed E-state index contributed by atoms with van der Waals surface area (Å²) in [7, 11) is 0. The Bertz CT molecular complexity index is 451. The maximum absolute atomic E-state index is 14.0. The lowest BCUT2D eigenvalue weighted by Gasteiger charge is -2.36. The molecule has 1 aliphatic rings. The van der Waals surface area contributed by atoms with E-state index in [0.717, 1.165) is 0 Å². The van der Waals surface area contributed by atoms with Crippen molar-refractivity contribution in [2.45, 2.75) is 26.0 Å². The highest BCUT2D eigenvalue weighted by Crippen LogP contribution is 2.24. The fourth-order valence-electron chi connectivity index (χ4n) is 2.29. The molecule has 5 heteroatoms. The second-order valence-electron chi connectivity index (χ2n) is 4.35. The van der Waals surface area contributed by atoms with Gasteiger partial charge >= 0.3 is 0 Å². The average Bonchev–Trinajstić information content (AvgIpc) is 2.38. The summed E-state index contributed by atoms with van der Waals surface area (Å²) in [6.07, 6.45) is 0.632. The van der Waals surface area contributed by atoms with Gasteiger partial charge in [-0.25, -0.2) is 4.39 Å². The van der Waals surface area contributed by atoms with Crippen molar-refractivity contribution < 1.29 is 14.3 Å². The zero-order valence-electron chi connectivity index (χ0n) is 10.3. The van der Waals surface area contributed by atoms with Crippen LogP contribution in [0.5, 0.6) is 0 Å². The van der Waals surface area contributed by atoms with Gasteiger partial charge in [0.15, 0.2) is 0 Å². The van der Waals surface area contributed by atoms with Crippen LogP contribution in [0.2, 0.25) is 0 Å². The molecule has 1 fully saturated rings. The third-order valence-corrected chi connectivity index (χ3v) is 3.22.